The number of nitrogens with one attached hydrogen (secondary N) is 2. The predicted molar refractivity (Wildman–Crippen MR) is 83.8 cm³/mol. The van der Waals surface area contributed by atoms with Crippen molar-refractivity contribution < 1.29 is 9.90 Å². The molecule has 1 aliphatic rings. The second kappa shape index (κ2) is 8.67. The van der Waals surface area contributed by atoms with Gasteiger partial charge in [-0.25, -0.2) is 4.79 Å². The molecule has 0 unspecified atom stereocenters. The molecule has 4 nitrogen and oxygen atoms in total. The summed E-state index contributed by atoms with van der Waals surface area (Å²) in [4.78, 5) is 11.7. The van der Waals surface area contributed by atoms with Crippen LogP contribution in [0.1, 0.15) is 49.7 Å². The van der Waals surface area contributed by atoms with Crippen LogP contribution < -0.4 is 10.6 Å². The van der Waals surface area contributed by atoms with Crippen LogP contribution in [0.2, 0.25) is 0 Å². The summed E-state index contributed by atoms with van der Waals surface area (Å²) in [7, 11) is 0. The van der Waals surface area contributed by atoms with Gasteiger partial charge in [0.25, 0.3) is 0 Å². The molecule has 116 valence electrons. The Hall–Kier alpha value is -1.55. The number of benzene rings is 1. The van der Waals surface area contributed by atoms with Gasteiger partial charge in [0.2, 0.25) is 0 Å². The highest BCUT2D eigenvalue weighted by Crippen LogP contribution is 2.28. The van der Waals surface area contributed by atoms with Crippen LogP contribution in [-0.2, 0) is 13.2 Å². The molecule has 21 heavy (non-hydrogen) atoms. The van der Waals surface area contributed by atoms with Gasteiger partial charge in [-0.2, -0.15) is 0 Å². The summed E-state index contributed by atoms with van der Waals surface area (Å²) in [6.07, 6.45) is 7.78. The van der Waals surface area contributed by atoms with Crippen molar-refractivity contribution in [2.24, 2.45) is 5.92 Å². The van der Waals surface area contributed by atoms with E-state index in [4.69, 9.17) is 0 Å². The Balaban J connectivity index is 1.60. The average Bonchev–Trinajstić information content (AvgIpc) is 3.03. The molecule has 1 aromatic rings. The van der Waals surface area contributed by atoms with E-state index in [9.17, 15) is 9.90 Å². The first kappa shape index (κ1) is 15.8. The lowest BCUT2D eigenvalue weighted by Gasteiger charge is -2.11. The molecule has 1 fully saturated rings. The average molecular weight is 290 g/mol. The zero-order valence-electron chi connectivity index (χ0n) is 12.6. The predicted octanol–water partition coefficient (Wildman–Crippen LogP) is 2.95. The van der Waals surface area contributed by atoms with Crippen molar-refractivity contribution in [3.05, 3.63) is 35.4 Å². The quantitative estimate of drug-likeness (QED) is 0.676. The van der Waals surface area contributed by atoms with E-state index in [-0.39, 0.29) is 12.6 Å². The topological polar surface area (TPSA) is 61.4 Å². The lowest BCUT2D eigenvalue weighted by molar-refractivity contribution is 0.239. The van der Waals surface area contributed by atoms with E-state index in [0.717, 1.165) is 30.0 Å². The smallest absolute Gasteiger partial charge is 0.315 e. The summed E-state index contributed by atoms with van der Waals surface area (Å²) in [5.74, 6) is 0.881. The van der Waals surface area contributed by atoms with Crippen LogP contribution in [0.3, 0.4) is 0 Å². The van der Waals surface area contributed by atoms with Gasteiger partial charge in [0.1, 0.15) is 0 Å². The number of aliphatic hydroxyl groups excluding tert-OH is 1. The highest BCUT2D eigenvalue weighted by Gasteiger charge is 2.14. The van der Waals surface area contributed by atoms with Gasteiger partial charge in [0, 0.05) is 13.1 Å². The molecule has 2 amide bonds. The Bertz CT molecular complexity index is 442. The van der Waals surface area contributed by atoms with E-state index < -0.39 is 0 Å². The SMILES string of the molecule is O=C(NCCCC1CCCC1)NCc1ccccc1CO. The maximum absolute atomic E-state index is 11.7. The first-order chi connectivity index (χ1) is 10.3. The Morgan fingerprint density at radius 1 is 1.14 bits per heavy atom. The molecule has 0 heterocycles. The van der Waals surface area contributed by atoms with Crippen LogP contribution >= 0.6 is 0 Å². The minimum Gasteiger partial charge on any atom is -0.392 e. The van der Waals surface area contributed by atoms with E-state index >= 15 is 0 Å². The molecule has 0 aliphatic heterocycles. The molecule has 0 bridgehead atoms. The number of carbonyl (C=O) groups is 1. The number of urea groups is 1. The van der Waals surface area contributed by atoms with E-state index in [1.807, 2.05) is 24.3 Å². The lowest BCUT2D eigenvalue weighted by Crippen LogP contribution is -2.35. The molecule has 0 atom stereocenters. The third-order valence-electron chi connectivity index (χ3n) is 4.28. The normalized spacial score (nSPS) is 15.1. The number of hydrogen-bond acceptors (Lipinski definition) is 2. The Kier molecular flexibility index (Phi) is 6.54. The number of aliphatic hydroxyl groups is 1. The van der Waals surface area contributed by atoms with Gasteiger partial charge in [-0.1, -0.05) is 49.9 Å². The standard InChI is InChI=1S/C17H26N2O2/c20-13-16-10-4-3-9-15(16)12-19-17(21)18-11-5-8-14-6-1-2-7-14/h3-4,9-10,14,20H,1-2,5-8,11-13H2,(H2,18,19,21). The zero-order valence-corrected chi connectivity index (χ0v) is 12.6. The van der Waals surface area contributed by atoms with Crippen LogP contribution in [0.5, 0.6) is 0 Å². The molecular formula is C17H26N2O2. The van der Waals surface area contributed by atoms with Crippen molar-refractivity contribution in [1.29, 1.82) is 0 Å². The van der Waals surface area contributed by atoms with E-state index in [0.29, 0.717) is 6.54 Å². The molecule has 0 radical (unpaired) electrons. The second-order valence-corrected chi connectivity index (χ2v) is 5.83. The van der Waals surface area contributed by atoms with Crippen LogP contribution in [-0.4, -0.2) is 17.7 Å². The Morgan fingerprint density at radius 3 is 2.57 bits per heavy atom. The lowest BCUT2D eigenvalue weighted by atomic mass is 10.0. The molecule has 0 aromatic heterocycles. The van der Waals surface area contributed by atoms with Gasteiger partial charge < -0.3 is 15.7 Å². The van der Waals surface area contributed by atoms with Crippen molar-refractivity contribution in [3.8, 4) is 0 Å². The highest BCUT2D eigenvalue weighted by molar-refractivity contribution is 5.73. The number of carbonyl (C=O) groups excluding carboxylic acids is 1. The summed E-state index contributed by atoms with van der Waals surface area (Å²) < 4.78 is 0. The summed E-state index contributed by atoms with van der Waals surface area (Å²) in [5.41, 5.74) is 1.82. The van der Waals surface area contributed by atoms with Crippen LogP contribution in [0, 0.1) is 5.92 Å². The van der Waals surface area contributed by atoms with Crippen LogP contribution in [0.25, 0.3) is 0 Å². The van der Waals surface area contributed by atoms with E-state index in [1.165, 1.54) is 32.1 Å². The summed E-state index contributed by atoms with van der Waals surface area (Å²) >= 11 is 0. The van der Waals surface area contributed by atoms with Crippen molar-refractivity contribution >= 4 is 6.03 Å². The summed E-state index contributed by atoms with van der Waals surface area (Å²) in [6, 6.07) is 7.46. The van der Waals surface area contributed by atoms with Gasteiger partial charge in [-0.3, -0.25) is 0 Å². The van der Waals surface area contributed by atoms with Gasteiger partial charge in [-0.05, 0) is 29.9 Å². The fourth-order valence-electron chi connectivity index (χ4n) is 3.01. The first-order valence-corrected chi connectivity index (χ1v) is 7.99. The van der Waals surface area contributed by atoms with Crippen molar-refractivity contribution in [1.82, 2.24) is 10.6 Å². The fraction of sp³-hybridized carbons (Fsp3) is 0.588. The van der Waals surface area contributed by atoms with Crippen LogP contribution in [0.4, 0.5) is 4.79 Å². The molecule has 0 saturated heterocycles. The van der Waals surface area contributed by atoms with Gasteiger partial charge in [-0.15, -0.1) is 0 Å². The van der Waals surface area contributed by atoms with E-state index in [1.54, 1.807) is 0 Å². The monoisotopic (exact) mass is 290 g/mol. The largest absolute Gasteiger partial charge is 0.392 e. The first-order valence-electron chi connectivity index (χ1n) is 7.99. The molecule has 1 aliphatic carbocycles. The molecular weight excluding hydrogens is 264 g/mol. The molecule has 1 aromatic carbocycles. The minimum absolute atomic E-state index is 0.000854. The number of rotatable bonds is 7. The van der Waals surface area contributed by atoms with Crippen molar-refractivity contribution in [3.63, 3.8) is 0 Å². The highest BCUT2D eigenvalue weighted by atomic mass is 16.3. The van der Waals surface area contributed by atoms with E-state index in [2.05, 4.69) is 10.6 Å². The Labute approximate surface area is 126 Å². The third kappa shape index (κ3) is 5.38. The number of hydrogen-bond donors (Lipinski definition) is 3. The second-order valence-electron chi connectivity index (χ2n) is 5.83. The number of amides is 2. The summed E-state index contributed by atoms with van der Waals surface area (Å²) in [5, 5.41) is 15.0. The third-order valence-corrected chi connectivity index (χ3v) is 4.28. The van der Waals surface area contributed by atoms with Gasteiger partial charge in [0.05, 0.1) is 6.61 Å². The van der Waals surface area contributed by atoms with Crippen molar-refractivity contribution in [2.75, 3.05) is 6.54 Å². The molecule has 4 heteroatoms. The molecule has 2 rings (SSSR count). The maximum Gasteiger partial charge on any atom is 0.315 e. The zero-order chi connectivity index (χ0) is 14.9. The van der Waals surface area contributed by atoms with Gasteiger partial charge in [0.15, 0.2) is 0 Å². The maximum atomic E-state index is 11.7. The minimum atomic E-state index is -0.130. The molecule has 3 N–H and O–H groups in total. The van der Waals surface area contributed by atoms with Crippen LogP contribution in [0.15, 0.2) is 24.3 Å². The summed E-state index contributed by atoms with van der Waals surface area (Å²) in [6.45, 7) is 1.19. The molecule has 1 saturated carbocycles. The fourth-order valence-corrected chi connectivity index (χ4v) is 3.01. The molecule has 0 spiro atoms. The van der Waals surface area contributed by atoms with Gasteiger partial charge >= 0.3 is 6.03 Å². The van der Waals surface area contributed by atoms with Crippen molar-refractivity contribution in [2.45, 2.75) is 51.7 Å². The Morgan fingerprint density at radius 2 is 1.86 bits per heavy atom.